The minimum atomic E-state index is -0.123. The fourth-order valence-corrected chi connectivity index (χ4v) is 1.19. The lowest BCUT2D eigenvalue weighted by molar-refractivity contribution is 0.0948. The molecule has 5 heteroatoms. The van der Waals surface area contributed by atoms with E-state index < -0.39 is 0 Å². The number of nitrogens with one attached hydrogen (secondary N) is 1. The summed E-state index contributed by atoms with van der Waals surface area (Å²) in [5, 5.41) is 6.62. The van der Waals surface area contributed by atoms with Crippen molar-refractivity contribution < 1.29 is 9.53 Å². The molecule has 1 aliphatic heterocycles. The first kappa shape index (κ1) is 7.15. The van der Waals surface area contributed by atoms with Crippen LogP contribution in [0.5, 0.6) is 5.75 Å². The summed E-state index contributed by atoms with van der Waals surface area (Å²) in [6, 6.07) is 0. The molecule has 0 radical (unpaired) electrons. The zero-order valence-corrected chi connectivity index (χ0v) is 6.70. The van der Waals surface area contributed by atoms with Crippen LogP contribution >= 0.6 is 0 Å². The van der Waals surface area contributed by atoms with Crippen LogP contribution in [-0.4, -0.2) is 28.8 Å². The van der Waals surface area contributed by atoms with Crippen LogP contribution in [0.25, 0.3) is 0 Å². The van der Waals surface area contributed by atoms with Gasteiger partial charge in [0.15, 0.2) is 11.4 Å². The first-order valence-corrected chi connectivity index (χ1v) is 3.72. The van der Waals surface area contributed by atoms with Gasteiger partial charge in [-0.2, -0.15) is 5.10 Å². The standard InChI is InChI=1S/C7H9N3O2/c1-10-6-5(4-9-10)12-3-2-8-7(6)11/h4H,2-3H2,1H3,(H,8,11). The van der Waals surface area contributed by atoms with E-state index in [-0.39, 0.29) is 5.91 Å². The monoisotopic (exact) mass is 167 g/mol. The molecule has 2 heterocycles. The number of carbonyl (C=O) groups is 1. The second-order valence-corrected chi connectivity index (χ2v) is 2.59. The molecule has 0 saturated heterocycles. The summed E-state index contributed by atoms with van der Waals surface area (Å²) >= 11 is 0. The van der Waals surface area contributed by atoms with Crippen LogP contribution in [0.15, 0.2) is 6.20 Å². The topological polar surface area (TPSA) is 56.2 Å². The predicted molar refractivity (Wildman–Crippen MR) is 41.0 cm³/mol. The highest BCUT2D eigenvalue weighted by Gasteiger charge is 2.20. The van der Waals surface area contributed by atoms with Gasteiger partial charge < -0.3 is 10.1 Å². The first-order valence-electron chi connectivity index (χ1n) is 3.72. The molecular weight excluding hydrogens is 158 g/mol. The number of amides is 1. The normalized spacial score (nSPS) is 15.9. The Kier molecular flexibility index (Phi) is 1.49. The van der Waals surface area contributed by atoms with Gasteiger partial charge in [-0.05, 0) is 0 Å². The number of hydrogen-bond acceptors (Lipinski definition) is 3. The molecule has 0 unspecified atom stereocenters. The maximum absolute atomic E-state index is 11.3. The minimum absolute atomic E-state index is 0.123. The van der Waals surface area contributed by atoms with E-state index >= 15 is 0 Å². The molecule has 1 amide bonds. The summed E-state index contributed by atoms with van der Waals surface area (Å²) in [6.07, 6.45) is 1.56. The Balaban J connectivity index is 2.49. The van der Waals surface area contributed by atoms with Crippen molar-refractivity contribution in [3.8, 4) is 5.75 Å². The molecule has 0 atom stereocenters. The van der Waals surface area contributed by atoms with E-state index in [2.05, 4.69) is 10.4 Å². The molecular formula is C7H9N3O2. The summed E-state index contributed by atoms with van der Waals surface area (Å²) < 4.78 is 6.78. The van der Waals surface area contributed by atoms with Gasteiger partial charge in [-0.3, -0.25) is 9.48 Å². The summed E-state index contributed by atoms with van der Waals surface area (Å²) in [4.78, 5) is 11.3. The Hall–Kier alpha value is -1.52. The van der Waals surface area contributed by atoms with Crippen LogP contribution in [0.3, 0.4) is 0 Å². The fraction of sp³-hybridized carbons (Fsp3) is 0.429. The van der Waals surface area contributed by atoms with E-state index in [1.807, 2.05) is 0 Å². The number of aromatic nitrogens is 2. The second-order valence-electron chi connectivity index (χ2n) is 2.59. The van der Waals surface area contributed by atoms with Crippen molar-refractivity contribution in [3.05, 3.63) is 11.9 Å². The molecule has 12 heavy (non-hydrogen) atoms. The van der Waals surface area contributed by atoms with Gasteiger partial charge in [0.1, 0.15) is 6.61 Å². The highest BCUT2D eigenvalue weighted by Crippen LogP contribution is 2.17. The lowest BCUT2D eigenvalue weighted by Gasteiger charge is -1.98. The summed E-state index contributed by atoms with van der Waals surface area (Å²) in [5.41, 5.74) is 0.493. The van der Waals surface area contributed by atoms with E-state index in [0.29, 0.717) is 24.6 Å². The van der Waals surface area contributed by atoms with Crippen molar-refractivity contribution in [2.75, 3.05) is 13.2 Å². The second kappa shape index (κ2) is 2.51. The molecule has 1 aromatic rings. The number of rotatable bonds is 0. The molecule has 0 bridgehead atoms. The van der Waals surface area contributed by atoms with Crippen molar-refractivity contribution in [1.82, 2.24) is 15.1 Å². The van der Waals surface area contributed by atoms with Gasteiger partial charge >= 0.3 is 0 Å². The van der Waals surface area contributed by atoms with E-state index in [9.17, 15) is 4.79 Å². The number of aryl methyl sites for hydroxylation is 1. The molecule has 2 rings (SSSR count). The summed E-state index contributed by atoms with van der Waals surface area (Å²) in [7, 11) is 1.72. The third-order valence-corrected chi connectivity index (χ3v) is 1.77. The molecule has 0 aliphatic carbocycles. The SMILES string of the molecule is Cn1ncc2c1C(=O)NCCO2. The van der Waals surface area contributed by atoms with Crippen LogP contribution < -0.4 is 10.1 Å². The molecule has 5 nitrogen and oxygen atoms in total. The van der Waals surface area contributed by atoms with Crippen LogP contribution in [-0.2, 0) is 7.05 Å². The van der Waals surface area contributed by atoms with Crippen molar-refractivity contribution >= 4 is 5.91 Å². The Labute approximate surface area is 69.3 Å². The average molecular weight is 167 g/mol. The number of nitrogens with zero attached hydrogens (tertiary/aromatic N) is 2. The minimum Gasteiger partial charge on any atom is -0.488 e. The first-order chi connectivity index (χ1) is 5.79. The summed E-state index contributed by atoms with van der Waals surface area (Å²) in [6.45, 7) is 1.05. The molecule has 1 aromatic heterocycles. The Morgan fingerprint density at radius 3 is 3.42 bits per heavy atom. The average Bonchev–Trinajstić information content (AvgIpc) is 2.29. The molecule has 0 saturated carbocycles. The smallest absolute Gasteiger partial charge is 0.273 e. The summed E-state index contributed by atoms with van der Waals surface area (Å²) in [5.74, 6) is 0.440. The lowest BCUT2D eigenvalue weighted by Crippen LogP contribution is -2.26. The van der Waals surface area contributed by atoms with Crippen molar-refractivity contribution in [2.24, 2.45) is 7.05 Å². The fourth-order valence-electron chi connectivity index (χ4n) is 1.19. The van der Waals surface area contributed by atoms with Gasteiger partial charge in [0.2, 0.25) is 0 Å². The largest absolute Gasteiger partial charge is 0.488 e. The van der Waals surface area contributed by atoms with Crippen LogP contribution in [0, 0.1) is 0 Å². The molecule has 1 aliphatic rings. The van der Waals surface area contributed by atoms with Crippen molar-refractivity contribution in [3.63, 3.8) is 0 Å². The maximum atomic E-state index is 11.3. The zero-order chi connectivity index (χ0) is 8.55. The molecule has 0 fully saturated rings. The third-order valence-electron chi connectivity index (χ3n) is 1.77. The Bertz CT molecular complexity index is 318. The van der Waals surface area contributed by atoms with Gasteiger partial charge in [-0.15, -0.1) is 0 Å². The zero-order valence-electron chi connectivity index (χ0n) is 6.70. The molecule has 1 N–H and O–H groups in total. The lowest BCUT2D eigenvalue weighted by atomic mass is 10.4. The number of fused-ring (bicyclic) bond motifs is 1. The highest BCUT2D eigenvalue weighted by molar-refractivity contribution is 5.95. The quantitative estimate of drug-likeness (QED) is 0.569. The van der Waals surface area contributed by atoms with Crippen LogP contribution in [0.2, 0.25) is 0 Å². The van der Waals surface area contributed by atoms with Crippen molar-refractivity contribution in [2.45, 2.75) is 0 Å². The molecule has 0 spiro atoms. The van der Waals surface area contributed by atoms with Crippen molar-refractivity contribution in [1.29, 1.82) is 0 Å². The number of hydrogen-bond donors (Lipinski definition) is 1. The van der Waals surface area contributed by atoms with Gasteiger partial charge in [0.05, 0.1) is 12.7 Å². The third kappa shape index (κ3) is 0.939. The van der Waals surface area contributed by atoms with Gasteiger partial charge in [0, 0.05) is 7.05 Å². The number of ether oxygens (including phenoxy) is 1. The predicted octanol–water partition coefficient (Wildman–Crippen LogP) is -0.458. The molecule has 64 valence electrons. The Morgan fingerprint density at radius 1 is 1.75 bits per heavy atom. The van der Waals surface area contributed by atoms with E-state index in [0.717, 1.165) is 0 Å². The van der Waals surface area contributed by atoms with E-state index in [1.165, 1.54) is 4.68 Å². The van der Waals surface area contributed by atoms with Crippen LogP contribution in [0.1, 0.15) is 10.5 Å². The molecule has 0 aromatic carbocycles. The van der Waals surface area contributed by atoms with Gasteiger partial charge in [-0.25, -0.2) is 0 Å². The maximum Gasteiger partial charge on any atom is 0.273 e. The van der Waals surface area contributed by atoms with Gasteiger partial charge in [0.25, 0.3) is 5.91 Å². The van der Waals surface area contributed by atoms with Crippen LogP contribution in [0.4, 0.5) is 0 Å². The Morgan fingerprint density at radius 2 is 2.58 bits per heavy atom. The number of carbonyl (C=O) groups excluding carboxylic acids is 1. The van der Waals surface area contributed by atoms with E-state index in [1.54, 1.807) is 13.2 Å². The van der Waals surface area contributed by atoms with Gasteiger partial charge in [-0.1, -0.05) is 0 Å². The van der Waals surface area contributed by atoms with E-state index in [4.69, 9.17) is 4.74 Å². The highest BCUT2D eigenvalue weighted by atomic mass is 16.5.